The first-order valence-electron chi connectivity index (χ1n) is 5.32. The maximum absolute atomic E-state index is 11.0. The summed E-state index contributed by atoms with van der Waals surface area (Å²) in [5.74, 6) is -0.346. The van der Waals surface area contributed by atoms with Gasteiger partial charge in [-0.15, -0.1) is 0 Å². The van der Waals surface area contributed by atoms with Crippen LogP contribution in [-0.4, -0.2) is 13.1 Å². The molecule has 0 spiro atoms. The van der Waals surface area contributed by atoms with Crippen LogP contribution in [0.15, 0.2) is 35.5 Å². The first-order valence-corrected chi connectivity index (χ1v) is 5.32. The van der Waals surface area contributed by atoms with Crippen molar-refractivity contribution in [1.29, 1.82) is 5.26 Å². The van der Waals surface area contributed by atoms with Gasteiger partial charge in [-0.25, -0.2) is 4.79 Å². The zero-order valence-electron chi connectivity index (χ0n) is 9.40. The normalized spacial score (nSPS) is 16.8. The number of nitrogens with zero attached hydrogens (tertiary/aromatic N) is 1. The maximum Gasteiger partial charge on any atom is 0.330 e. The fourth-order valence-corrected chi connectivity index (χ4v) is 1.71. The summed E-state index contributed by atoms with van der Waals surface area (Å²) in [6, 6.07) is 1.98. The SMILES string of the molecule is COC(=O)/C=C/C1=C(/C=C/C#N)CCCC1. The molecule has 16 heavy (non-hydrogen) atoms. The van der Waals surface area contributed by atoms with Gasteiger partial charge in [0.05, 0.1) is 13.2 Å². The predicted octanol–water partition coefficient (Wildman–Crippen LogP) is 2.67. The van der Waals surface area contributed by atoms with Crippen molar-refractivity contribution >= 4 is 5.97 Å². The molecule has 0 saturated carbocycles. The minimum Gasteiger partial charge on any atom is -0.466 e. The second kappa shape index (κ2) is 6.62. The molecule has 3 nitrogen and oxygen atoms in total. The number of carbonyl (C=O) groups excluding carboxylic acids is 1. The predicted molar refractivity (Wildman–Crippen MR) is 61.4 cm³/mol. The van der Waals surface area contributed by atoms with Crippen LogP contribution in [-0.2, 0) is 9.53 Å². The molecule has 0 unspecified atom stereocenters. The molecule has 0 aromatic rings. The van der Waals surface area contributed by atoms with Crippen molar-refractivity contribution in [2.45, 2.75) is 25.7 Å². The number of hydrogen-bond acceptors (Lipinski definition) is 3. The number of carbonyl (C=O) groups is 1. The Hall–Kier alpha value is -1.82. The Morgan fingerprint density at radius 2 is 1.94 bits per heavy atom. The van der Waals surface area contributed by atoms with Crippen LogP contribution in [0.2, 0.25) is 0 Å². The Kier molecular flexibility index (Phi) is 5.07. The highest BCUT2D eigenvalue weighted by Gasteiger charge is 2.08. The van der Waals surface area contributed by atoms with E-state index < -0.39 is 0 Å². The number of hydrogen-bond donors (Lipinski definition) is 0. The highest BCUT2D eigenvalue weighted by molar-refractivity contribution is 5.82. The lowest BCUT2D eigenvalue weighted by molar-refractivity contribution is -0.134. The lowest BCUT2D eigenvalue weighted by Gasteiger charge is -2.14. The lowest BCUT2D eigenvalue weighted by atomic mass is 9.91. The Labute approximate surface area is 95.7 Å². The van der Waals surface area contributed by atoms with Crippen LogP contribution in [0.4, 0.5) is 0 Å². The highest BCUT2D eigenvalue weighted by Crippen LogP contribution is 2.26. The van der Waals surface area contributed by atoms with E-state index in [2.05, 4.69) is 4.74 Å². The summed E-state index contributed by atoms with van der Waals surface area (Å²) in [5, 5.41) is 8.49. The van der Waals surface area contributed by atoms with Crippen LogP contribution >= 0.6 is 0 Å². The summed E-state index contributed by atoms with van der Waals surface area (Å²) in [6.07, 6.45) is 10.7. The summed E-state index contributed by atoms with van der Waals surface area (Å²) in [7, 11) is 1.36. The lowest BCUT2D eigenvalue weighted by Crippen LogP contribution is -1.98. The van der Waals surface area contributed by atoms with Crippen molar-refractivity contribution in [3.8, 4) is 6.07 Å². The van der Waals surface area contributed by atoms with E-state index >= 15 is 0 Å². The molecular weight excluding hydrogens is 202 g/mol. The van der Waals surface area contributed by atoms with Gasteiger partial charge in [0.2, 0.25) is 0 Å². The number of ether oxygens (including phenoxy) is 1. The van der Waals surface area contributed by atoms with E-state index in [1.165, 1.54) is 19.3 Å². The summed E-state index contributed by atoms with van der Waals surface area (Å²) in [6.45, 7) is 0. The molecular formula is C13H15NO2. The monoisotopic (exact) mass is 217 g/mol. The van der Waals surface area contributed by atoms with Crippen molar-refractivity contribution in [2.75, 3.05) is 7.11 Å². The number of esters is 1. The molecule has 0 aromatic carbocycles. The van der Waals surface area contributed by atoms with Gasteiger partial charge >= 0.3 is 5.97 Å². The third-order valence-corrected chi connectivity index (χ3v) is 2.54. The van der Waals surface area contributed by atoms with Gasteiger partial charge in [0.25, 0.3) is 0 Å². The molecule has 3 heteroatoms. The molecule has 1 aliphatic rings. The summed E-state index contributed by atoms with van der Waals surface area (Å²) in [4.78, 5) is 11.0. The number of rotatable bonds is 3. The van der Waals surface area contributed by atoms with E-state index in [4.69, 9.17) is 5.26 Å². The third-order valence-electron chi connectivity index (χ3n) is 2.54. The summed E-state index contributed by atoms with van der Waals surface area (Å²) in [5.41, 5.74) is 2.27. The van der Waals surface area contributed by atoms with Gasteiger partial charge in [0.1, 0.15) is 0 Å². The molecule has 1 rings (SSSR count). The fourth-order valence-electron chi connectivity index (χ4n) is 1.71. The quantitative estimate of drug-likeness (QED) is 0.415. The van der Waals surface area contributed by atoms with E-state index in [0.717, 1.165) is 36.8 Å². The van der Waals surface area contributed by atoms with Gasteiger partial charge in [0, 0.05) is 12.2 Å². The molecule has 0 saturated heterocycles. The van der Waals surface area contributed by atoms with E-state index in [9.17, 15) is 4.79 Å². The molecule has 0 N–H and O–H groups in total. The Bertz CT molecular complexity index is 383. The van der Waals surface area contributed by atoms with Gasteiger partial charge in [0.15, 0.2) is 0 Å². The topological polar surface area (TPSA) is 50.1 Å². The Morgan fingerprint density at radius 1 is 1.31 bits per heavy atom. The second-order valence-corrected chi connectivity index (χ2v) is 3.58. The average molecular weight is 217 g/mol. The van der Waals surface area contributed by atoms with Crippen LogP contribution in [0, 0.1) is 11.3 Å². The largest absolute Gasteiger partial charge is 0.466 e. The molecule has 0 aromatic heterocycles. The first kappa shape index (κ1) is 12.3. The zero-order valence-corrected chi connectivity index (χ0v) is 9.40. The number of allylic oxidation sites excluding steroid dienone is 5. The molecule has 0 bridgehead atoms. The zero-order chi connectivity index (χ0) is 11.8. The van der Waals surface area contributed by atoms with Crippen LogP contribution in [0.1, 0.15) is 25.7 Å². The standard InChI is InChI=1S/C13H15NO2/c1-16-13(15)9-8-12-6-3-2-5-11(12)7-4-10-14/h4,7-9H,2-3,5-6H2,1H3/b7-4+,9-8+. The number of methoxy groups -OCH3 is 1. The molecule has 0 fully saturated rings. The Balaban J connectivity index is 2.83. The van der Waals surface area contributed by atoms with Gasteiger partial charge in [-0.2, -0.15) is 5.26 Å². The molecule has 0 heterocycles. The van der Waals surface area contributed by atoms with Crippen molar-refractivity contribution in [3.05, 3.63) is 35.5 Å². The van der Waals surface area contributed by atoms with Gasteiger partial charge < -0.3 is 4.74 Å². The fraction of sp³-hybridized carbons (Fsp3) is 0.385. The minimum absolute atomic E-state index is 0.346. The van der Waals surface area contributed by atoms with Crippen LogP contribution < -0.4 is 0 Å². The van der Waals surface area contributed by atoms with Crippen molar-refractivity contribution in [2.24, 2.45) is 0 Å². The van der Waals surface area contributed by atoms with E-state index in [-0.39, 0.29) is 5.97 Å². The number of nitriles is 1. The minimum atomic E-state index is -0.346. The van der Waals surface area contributed by atoms with E-state index in [0.29, 0.717) is 0 Å². The smallest absolute Gasteiger partial charge is 0.330 e. The molecule has 0 atom stereocenters. The Morgan fingerprint density at radius 3 is 2.50 bits per heavy atom. The second-order valence-electron chi connectivity index (χ2n) is 3.58. The maximum atomic E-state index is 11.0. The third kappa shape index (κ3) is 3.74. The summed E-state index contributed by atoms with van der Waals surface area (Å²) >= 11 is 0. The van der Waals surface area contributed by atoms with Crippen LogP contribution in [0.3, 0.4) is 0 Å². The van der Waals surface area contributed by atoms with Crippen LogP contribution in [0.5, 0.6) is 0 Å². The van der Waals surface area contributed by atoms with Crippen molar-refractivity contribution < 1.29 is 9.53 Å². The van der Waals surface area contributed by atoms with E-state index in [1.807, 2.05) is 12.1 Å². The van der Waals surface area contributed by atoms with E-state index in [1.54, 1.807) is 6.08 Å². The summed E-state index contributed by atoms with van der Waals surface area (Å²) < 4.78 is 4.54. The van der Waals surface area contributed by atoms with Crippen LogP contribution in [0.25, 0.3) is 0 Å². The molecule has 1 aliphatic carbocycles. The molecule has 0 amide bonds. The molecule has 0 radical (unpaired) electrons. The molecule has 84 valence electrons. The highest BCUT2D eigenvalue weighted by atomic mass is 16.5. The van der Waals surface area contributed by atoms with Crippen molar-refractivity contribution in [3.63, 3.8) is 0 Å². The van der Waals surface area contributed by atoms with Gasteiger partial charge in [-0.1, -0.05) is 6.08 Å². The van der Waals surface area contributed by atoms with Gasteiger partial charge in [-0.3, -0.25) is 0 Å². The average Bonchev–Trinajstić information content (AvgIpc) is 2.34. The first-order chi connectivity index (χ1) is 7.77. The van der Waals surface area contributed by atoms with Crippen molar-refractivity contribution in [1.82, 2.24) is 0 Å². The molecule has 0 aliphatic heterocycles. The van der Waals surface area contributed by atoms with Gasteiger partial charge in [-0.05, 0) is 42.9 Å².